The first-order valence-electron chi connectivity index (χ1n) is 12.1. The standard InChI is InChI=1S/C28H29FN6O/c1-17-8-9-31-24(12-17)26(20-4-5-20)33-27(36)22-14-19(16-35-11-10-34(3)28(35)30)13-21(15-22)23-6-7-25(29)32-18(23)2/h6-15,20,26,30H,4-5,16H2,1-3H3,(H,33,36). The van der Waals surface area contributed by atoms with E-state index in [1.165, 1.54) is 6.07 Å². The largest absolute Gasteiger partial charge is 0.343 e. The zero-order valence-electron chi connectivity index (χ0n) is 20.6. The summed E-state index contributed by atoms with van der Waals surface area (Å²) in [6, 6.07) is 12.5. The van der Waals surface area contributed by atoms with E-state index in [1.807, 2.05) is 56.7 Å². The number of carbonyl (C=O) groups is 1. The average molecular weight is 485 g/mol. The van der Waals surface area contributed by atoms with Crippen LogP contribution in [0.25, 0.3) is 11.1 Å². The van der Waals surface area contributed by atoms with Crippen molar-refractivity contribution in [2.45, 2.75) is 39.3 Å². The number of benzene rings is 1. The molecule has 7 nitrogen and oxygen atoms in total. The van der Waals surface area contributed by atoms with Gasteiger partial charge in [0.25, 0.3) is 5.91 Å². The third-order valence-electron chi connectivity index (χ3n) is 6.68. The maximum absolute atomic E-state index is 13.7. The fraction of sp³-hybridized carbons (Fsp3) is 0.286. The molecule has 2 N–H and O–H groups in total. The Morgan fingerprint density at radius 3 is 2.64 bits per heavy atom. The van der Waals surface area contributed by atoms with Crippen molar-refractivity contribution in [2.75, 3.05) is 0 Å². The SMILES string of the molecule is Cc1ccnc(C(NC(=O)c2cc(Cn3ccn(C)c3=N)cc(-c3ccc(F)nc3C)c2)C2CC2)c1. The van der Waals surface area contributed by atoms with Crippen molar-refractivity contribution in [1.82, 2.24) is 24.4 Å². The van der Waals surface area contributed by atoms with Crippen LogP contribution in [0.1, 0.15) is 51.8 Å². The quantitative estimate of drug-likeness (QED) is 0.380. The molecule has 0 radical (unpaired) electrons. The number of pyridine rings is 2. The number of halogens is 1. The lowest BCUT2D eigenvalue weighted by molar-refractivity contribution is 0.0930. The van der Waals surface area contributed by atoms with E-state index in [0.29, 0.717) is 29.3 Å². The van der Waals surface area contributed by atoms with E-state index >= 15 is 0 Å². The lowest BCUT2D eigenvalue weighted by Crippen LogP contribution is -2.30. The van der Waals surface area contributed by atoms with Gasteiger partial charge in [-0.25, -0.2) is 4.98 Å². The van der Waals surface area contributed by atoms with Crippen molar-refractivity contribution < 1.29 is 9.18 Å². The predicted molar refractivity (Wildman–Crippen MR) is 135 cm³/mol. The van der Waals surface area contributed by atoms with Gasteiger partial charge in [0.2, 0.25) is 11.6 Å². The highest BCUT2D eigenvalue weighted by molar-refractivity contribution is 5.96. The fourth-order valence-corrected chi connectivity index (χ4v) is 4.57. The molecule has 1 saturated carbocycles. The van der Waals surface area contributed by atoms with Crippen LogP contribution in [0, 0.1) is 31.1 Å². The molecule has 1 amide bonds. The Hall–Kier alpha value is -4.07. The highest BCUT2D eigenvalue weighted by Gasteiger charge is 2.34. The van der Waals surface area contributed by atoms with Gasteiger partial charge in [0.15, 0.2) is 0 Å². The topological polar surface area (TPSA) is 88.6 Å². The highest BCUT2D eigenvalue weighted by atomic mass is 19.1. The van der Waals surface area contributed by atoms with Gasteiger partial charge in [0, 0.05) is 42.5 Å². The summed E-state index contributed by atoms with van der Waals surface area (Å²) in [5.74, 6) is -0.350. The highest BCUT2D eigenvalue weighted by Crippen LogP contribution is 2.40. The van der Waals surface area contributed by atoms with Crippen molar-refractivity contribution in [3.8, 4) is 11.1 Å². The van der Waals surface area contributed by atoms with Gasteiger partial charge < -0.3 is 14.5 Å². The van der Waals surface area contributed by atoms with E-state index in [2.05, 4.69) is 15.3 Å². The molecular weight excluding hydrogens is 455 g/mol. The first-order chi connectivity index (χ1) is 17.3. The minimum atomic E-state index is -0.540. The maximum Gasteiger partial charge on any atom is 0.251 e. The number of imidazole rings is 1. The lowest BCUT2D eigenvalue weighted by atomic mass is 9.97. The number of amides is 1. The molecule has 1 aromatic carbocycles. The molecule has 5 rings (SSSR count). The molecule has 1 fully saturated rings. The molecule has 0 bridgehead atoms. The number of carbonyl (C=O) groups excluding carboxylic acids is 1. The average Bonchev–Trinajstić information content (AvgIpc) is 3.64. The van der Waals surface area contributed by atoms with Crippen molar-refractivity contribution in [2.24, 2.45) is 13.0 Å². The molecule has 1 unspecified atom stereocenters. The summed E-state index contributed by atoms with van der Waals surface area (Å²) in [4.78, 5) is 22.1. The number of hydrogen-bond donors (Lipinski definition) is 2. The Labute approximate surface area is 209 Å². The molecule has 0 aliphatic heterocycles. The van der Waals surface area contributed by atoms with Crippen LogP contribution in [0.15, 0.2) is 61.1 Å². The van der Waals surface area contributed by atoms with Gasteiger partial charge in [0.05, 0.1) is 18.3 Å². The molecule has 1 aliphatic rings. The van der Waals surface area contributed by atoms with E-state index in [-0.39, 0.29) is 11.9 Å². The minimum absolute atomic E-state index is 0.151. The van der Waals surface area contributed by atoms with Gasteiger partial charge in [-0.05, 0) is 91.8 Å². The number of hydrogen-bond acceptors (Lipinski definition) is 4. The Morgan fingerprint density at radius 1 is 1.17 bits per heavy atom. The van der Waals surface area contributed by atoms with E-state index < -0.39 is 5.95 Å². The summed E-state index contributed by atoms with van der Waals surface area (Å²) in [5.41, 5.74) is 5.79. The number of nitrogens with zero attached hydrogens (tertiary/aromatic N) is 4. The molecule has 3 heterocycles. The zero-order chi connectivity index (χ0) is 25.4. The lowest BCUT2D eigenvalue weighted by Gasteiger charge is -2.19. The second-order valence-corrected chi connectivity index (χ2v) is 9.59. The summed E-state index contributed by atoms with van der Waals surface area (Å²) in [5, 5.41) is 11.5. The zero-order valence-corrected chi connectivity index (χ0v) is 20.6. The Kier molecular flexibility index (Phi) is 6.26. The second-order valence-electron chi connectivity index (χ2n) is 9.59. The van der Waals surface area contributed by atoms with E-state index in [4.69, 9.17) is 5.41 Å². The second kappa shape index (κ2) is 9.53. The third-order valence-corrected chi connectivity index (χ3v) is 6.68. The predicted octanol–water partition coefficient (Wildman–Crippen LogP) is 4.45. The minimum Gasteiger partial charge on any atom is -0.343 e. The Morgan fingerprint density at radius 2 is 1.97 bits per heavy atom. The van der Waals surface area contributed by atoms with Gasteiger partial charge >= 0.3 is 0 Å². The molecule has 36 heavy (non-hydrogen) atoms. The van der Waals surface area contributed by atoms with Crippen LogP contribution >= 0.6 is 0 Å². The monoisotopic (exact) mass is 484 g/mol. The van der Waals surface area contributed by atoms with Gasteiger partial charge in [-0.3, -0.25) is 15.2 Å². The molecular formula is C28H29FN6O. The van der Waals surface area contributed by atoms with Crippen LogP contribution in [0.3, 0.4) is 0 Å². The Balaban J connectivity index is 1.53. The first-order valence-corrected chi connectivity index (χ1v) is 12.1. The van der Waals surface area contributed by atoms with Crippen LogP contribution < -0.4 is 10.9 Å². The molecule has 184 valence electrons. The molecule has 8 heteroatoms. The van der Waals surface area contributed by atoms with Gasteiger partial charge in [-0.15, -0.1) is 0 Å². The smallest absolute Gasteiger partial charge is 0.251 e. The molecule has 4 aromatic rings. The maximum atomic E-state index is 13.7. The van der Waals surface area contributed by atoms with Gasteiger partial charge in [-0.1, -0.05) is 0 Å². The van der Waals surface area contributed by atoms with Gasteiger partial charge in [-0.2, -0.15) is 4.39 Å². The van der Waals surface area contributed by atoms with E-state index in [1.54, 1.807) is 28.3 Å². The van der Waals surface area contributed by atoms with Gasteiger partial charge in [0.1, 0.15) is 0 Å². The van der Waals surface area contributed by atoms with Crippen LogP contribution in [0.2, 0.25) is 0 Å². The molecule has 0 spiro atoms. The molecule has 1 aliphatic carbocycles. The fourth-order valence-electron chi connectivity index (χ4n) is 4.57. The Bertz CT molecular complexity index is 1500. The summed E-state index contributed by atoms with van der Waals surface area (Å²) in [6.07, 6.45) is 7.56. The normalized spacial score (nSPS) is 14.0. The molecule has 1 atom stereocenters. The van der Waals surface area contributed by atoms with Crippen LogP contribution in [-0.2, 0) is 13.6 Å². The van der Waals surface area contributed by atoms with Crippen LogP contribution in [0.4, 0.5) is 4.39 Å². The molecule has 0 saturated heterocycles. The van der Waals surface area contributed by atoms with Crippen LogP contribution in [0.5, 0.6) is 0 Å². The summed E-state index contributed by atoms with van der Waals surface area (Å²) in [6.45, 7) is 4.20. The van der Waals surface area contributed by atoms with Crippen LogP contribution in [-0.4, -0.2) is 25.0 Å². The van der Waals surface area contributed by atoms with Crippen molar-refractivity contribution in [3.05, 3.63) is 101 Å². The van der Waals surface area contributed by atoms with E-state index in [9.17, 15) is 9.18 Å². The number of aromatic nitrogens is 4. The number of aryl methyl sites for hydroxylation is 3. The van der Waals surface area contributed by atoms with Crippen molar-refractivity contribution in [1.29, 1.82) is 5.41 Å². The first kappa shape index (κ1) is 23.7. The summed E-state index contributed by atoms with van der Waals surface area (Å²) < 4.78 is 17.2. The number of rotatable bonds is 7. The van der Waals surface area contributed by atoms with Crippen molar-refractivity contribution >= 4 is 5.91 Å². The van der Waals surface area contributed by atoms with Crippen molar-refractivity contribution in [3.63, 3.8) is 0 Å². The third kappa shape index (κ3) is 4.98. The number of nitrogens with one attached hydrogen (secondary N) is 2. The summed E-state index contributed by atoms with van der Waals surface area (Å²) in [7, 11) is 1.82. The molecule has 3 aromatic heterocycles. The summed E-state index contributed by atoms with van der Waals surface area (Å²) >= 11 is 0. The van der Waals surface area contributed by atoms with E-state index in [0.717, 1.165) is 40.8 Å².